The Bertz CT molecular complexity index is 549. The summed E-state index contributed by atoms with van der Waals surface area (Å²) in [6, 6.07) is 19.4. The van der Waals surface area contributed by atoms with Crippen LogP contribution in [-0.4, -0.2) is 17.6 Å². The molecule has 0 spiro atoms. The van der Waals surface area contributed by atoms with E-state index in [-0.39, 0.29) is 12.5 Å². The predicted molar refractivity (Wildman–Crippen MR) is 92.1 cm³/mol. The zero-order valence-corrected chi connectivity index (χ0v) is 12.8. The van der Waals surface area contributed by atoms with Gasteiger partial charge in [-0.3, -0.25) is 15.6 Å². The number of carbonyl (C=O) groups is 1. The van der Waals surface area contributed by atoms with Gasteiger partial charge in [0.2, 0.25) is 0 Å². The molecule has 2 aromatic carbocycles. The first-order valence-electron chi connectivity index (χ1n) is 6.89. The SMILES string of the molecule is O=C(CNc1ccccc1)NNC(=S)NCc1ccccc1. The second-order valence-electron chi connectivity index (χ2n) is 4.56. The third-order valence-electron chi connectivity index (χ3n) is 2.84. The Morgan fingerprint density at radius 2 is 1.55 bits per heavy atom. The molecule has 2 aromatic rings. The topological polar surface area (TPSA) is 65.2 Å². The molecule has 0 bridgehead atoms. The van der Waals surface area contributed by atoms with Crippen molar-refractivity contribution in [1.29, 1.82) is 0 Å². The second-order valence-corrected chi connectivity index (χ2v) is 4.97. The minimum absolute atomic E-state index is 0.165. The number of thiocarbonyl (C=S) groups is 1. The van der Waals surface area contributed by atoms with Gasteiger partial charge in [-0.25, -0.2) is 0 Å². The molecule has 2 rings (SSSR count). The first-order valence-corrected chi connectivity index (χ1v) is 7.30. The molecular formula is C16H18N4OS. The third kappa shape index (κ3) is 5.80. The Hall–Kier alpha value is -2.60. The number of hydrogen-bond donors (Lipinski definition) is 4. The summed E-state index contributed by atoms with van der Waals surface area (Å²) >= 11 is 5.09. The number of nitrogens with one attached hydrogen (secondary N) is 4. The van der Waals surface area contributed by atoms with Crippen molar-refractivity contribution >= 4 is 28.9 Å². The van der Waals surface area contributed by atoms with Gasteiger partial charge in [-0.15, -0.1) is 0 Å². The lowest BCUT2D eigenvalue weighted by molar-refractivity contribution is -0.119. The molecule has 4 N–H and O–H groups in total. The van der Waals surface area contributed by atoms with Crippen molar-refractivity contribution in [3.8, 4) is 0 Å². The van der Waals surface area contributed by atoms with Crippen LogP contribution in [0.5, 0.6) is 0 Å². The van der Waals surface area contributed by atoms with Crippen LogP contribution in [0.25, 0.3) is 0 Å². The fourth-order valence-electron chi connectivity index (χ4n) is 1.73. The molecule has 0 saturated carbocycles. The molecule has 22 heavy (non-hydrogen) atoms. The van der Waals surface area contributed by atoms with Crippen LogP contribution in [0.4, 0.5) is 5.69 Å². The first-order chi connectivity index (χ1) is 10.7. The fraction of sp³-hybridized carbons (Fsp3) is 0.125. The zero-order valence-electron chi connectivity index (χ0n) is 12.0. The molecule has 6 heteroatoms. The van der Waals surface area contributed by atoms with Gasteiger partial charge in [0.15, 0.2) is 5.11 Å². The summed E-state index contributed by atoms with van der Waals surface area (Å²) in [7, 11) is 0. The van der Waals surface area contributed by atoms with Crippen LogP contribution in [0.2, 0.25) is 0 Å². The number of hydrazine groups is 1. The number of para-hydroxylation sites is 1. The molecule has 0 atom stereocenters. The van der Waals surface area contributed by atoms with Gasteiger partial charge in [-0.05, 0) is 29.9 Å². The zero-order chi connectivity index (χ0) is 15.6. The number of amides is 1. The average Bonchev–Trinajstić information content (AvgIpc) is 2.58. The molecule has 0 unspecified atom stereocenters. The molecular weight excluding hydrogens is 296 g/mol. The smallest absolute Gasteiger partial charge is 0.257 e. The van der Waals surface area contributed by atoms with E-state index in [1.54, 1.807) is 0 Å². The lowest BCUT2D eigenvalue weighted by Crippen LogP contribution is -2.48. The summed E-state index contributed by atoms with van der Waals surface area (Å²) in [6.07, 6.45) is 0. The van der Waals surface area contributed by atoms with E-state index in [9.17, 15) is 4.79 Å². The molecule has 0 saturated heterocycles. The maximum atomic E-state index is 11.7. The van der Waals surface area contributed by atoms with Crippen molar-refractivity contribution in [2.75, 3.05) is 11.9 Å². The Morgan fingerprint density at radius 3 is 2.23 bits per heavy atom. The van der Waals surface area contributed by atoms with E-state index in [0.717, 1.165) is 11.3 Å². The fourth-order valence-corrected chi connectivity index (χ4v) is 1.85. The van der Waals surface area contributed by atoms with Crippen LogP contribution in [0.15, 0.2) is 60.7 Å². The van der Waals surface area contributed by atoms with Gasteiger partial charge >= 0.3 is 0 Å². The van der Waals surface area contributed by atoms with Gasteiger partial charge in [0.25, 0.3) is 5.91 Å². The molecule has 0 aliphatic heterocycles. The summed E-state index contributed by atoms with van der Waals surface area (Å²) < 4.78 is 0. The quantitative estimate of drug-likeness (QED) is 0.501. The highest BCUT2D eigenvalue weighted by atomic mass is 32.1. The minimum atomic E-state index is -0.201. The number of anilines is 1. The van der Waals surface area contributed by atoms with E-state index in [4.69, 9.17) is 12.2 Å². The van der Waals surface area contributed by atoms with Crippen molar-refractivity contribution in [1.82, 2.24) is 16.2 Å². The lowest BCUT2D eigenvalue weighted by Gasteiger charge is -2.12. The van der Waals surface area contributed by atoms with Crippen molar-refractivity contribution in [3.63, 3.8) is 0 Å². The first kappa shape index (κ1) is 15.8. The Kier molecular flexibility index (Phi) is 6.19. The van der Waals surface area contributed by atoms with E-state index in [2.05, 4.69) is 21.5 Å². The van der Waals surface area contributed by atoms with Gasteiger partial charge in [-0.2, -0.15) is 0 Å². The van der Waals surface area contributed by atoms with Gasteiger partial charge < -0.3 is 10.6 Å². The van der Waals surface area contributed by atoms with Gasteiger partial charge in [0.1, 0.15) is 0 Å². The van der Waals surface area contributed by atoms with Gasteiger partial charge in [0.05, 0.1) is 6.54 Å². The van der Waals surface area contributed by atoms with Crippen LogP contribution >= 0.6 is 12.2 Å². The summed E-state index contributed by atoms with van der Waals surface area (Å²) in [5.74, 6) is -0.201. The Morgan fingerprint density at radius 1 is 0.909 bits per heavy atom. The highest BCUT2D eigenvalue weighted by Crippen LogP contribution is 2.03. The molecule has 114 valence electrons. The molecule has 0 fully saturated rings. The van der Waals surface area contributed by atoms with Crippen molar-refractivity contribution in [2.24, 2.45) is 0 Å². The summed E-state index contributed by atoms with van der Waals surface area (Å²) in [5.41, 5.74) is 7.21. The summed E-state index contributed by atoms with van der Waals surface area (Å²) in [4.78, 5) is 11.7. The van der Waals surface area contributed by atoms with Crippen molar-refractivity contribution < 1.29 is 4.79 Å². The van der Waals surface area contributed by atoms with Crippen molar-refractivity contribution in [2.45, 2.75) is 6.54 Å². The molecule has 0 radical (unpaired) electrons. The normalized spacial score (nSPS) is 9.64. The van der Waals surface area contributed by atoms with Gasteiger partial charge in [0, 0.05) is 12.2 Å². The van der Waals surface area contributed by atoms with Crippen LogP contribution in [0.1, 0.15) is 5.56 Å². The summed E-state index contributed by atoms with van der Waals surface area (Å²) in [5, 5.41) is 6.40. The molecule has 0 aliphatic carbocycles. The van der Waals surface area contributed by atoms with Crippen LogP contribution in [0.3, 0.4) is 0 Å². The number of carbonyl (C=O) groups excluding carboxylic acids is 1. The highest BCUT2D eigenvalue weighted by Gasteiger charge is 2.01. The van der Waals surface area contributed by atoms with E-state index in [0.29, 0.717) is 11.7 Å². The molecule has 1 amide bonds. The molecule has 0 heterocycles. The molecule has 5 nitrogen and oxygen atoms in total. The highest BCUT2D eigenvalue weighted by molar-refractivity contribution is 7.80. The number of benzene rings is 2. The van der Waals surface area contributed by atoms with E-state index in [1.807, 2.05) is 60.7 Å². The van der Waals surface area contributed by atoms with Crippen LogP contribution < -0.4 is 21.5 Å². The summed E-state index contributed by atoms with van der Waals surface area (Å²) in [6.45, 7) is 0.767. The number of hydrogen-bond acceptors (Lipinski definition) is 3. The second kappa shape index (κ2) is 8.63. The Balaban J connectivity index is 1.62. The maximum absolute atomic E-state index is 11.7. The van der Waals surface area contributed by atoms with E-state index >= 15 is 0 Å². The van der Waals surface area contributed by atoms with E-state index in [1.165, 1.54) is 0 Å². The monoisotopic (exact) mass is 314 g/mol. The van der Waals surface area contributed by atoms with Crippen LogP contribution in [-0.2, 0) is 11.3 Å². The predicted octanol–water partition coefficient (Wildman–Crippen LogP) is 1.79. The third-order valence-corrected chi connectivity index (χ3v) is 3.08. The number of rotatable bonds is 5. The maximum Gasteiger partial charge on any atom is 0.257 e. The van der Waals surface area contributed by atoms with Gasteiger partial charge in [-0.1, -0.05) is 48.5 Å². The van der Waals surface area contributed by atoms with Crippen molar-refractivity contribution in [3.05, 3.63) is 66.2 Å². The molecule has 0 aliphatic rings. The van der Waals surface area contributed by atoms with Crippen LogP contribution in [0, 0.1) is 0 Å². The Labute approximate surface area is 135 Å². The largest absolute Gasteiger partial charge is 0.376 e. The average molecular weight is 314 g/mol. The minimum Gasteiger partial charge on any atom is -0.376 e. The lowest BCUT2D eigenvalue weighted by atomic mass is 10.2. The molecule has 0 aromatic heterocycles. The standard InChI is InChI=1S/C16H18N4OS/c21-15(12-17-14-9-5-2-6-10-14)19-20-16(22)18-11-13-7-3-1-4-8-13/h1-10,17H,11-12H2,(H,19,21)(H2,18,20,22). The van der Waals surface area contributed by atoms with E-state index < -0.39 is 0 Å².